The minimum Gasteiger partial charge on any atom is -0.339 e. The number of rotatable bonds is 5. The van der Waals surface area contributed by atoms with E-state index in [-0.39, 0.29) is 11.8 Å². The van der Waals surface area contributed by atoms with E-state index >= 15 is 0 Å². The summed E-state index contributed by atoms with van der Waals surface area (Å²) in [7, 11) is 0. The van der Waals surface area contributed by atoms with Gasteiger partial charge in [-0.2, -0.15) is 0 Å². The van der Waals surface area contributed by atoms with Crippen molar-refractivity contribution in [1.82, 2.24) is 9.80 Å². The third-order valence-electron chi connectivity index (χ3n) is 3.83. The van der Waals surface area contributed by atoms with Gasteiger partial charge in [0.1, 0.15) is 6.29 Å². The smallest absolute Gasteiger partial charge is 0.236 e. The Balaban J connectivity index is 1.76. The first-order valence-electron chi connectivity index (χ1n) is 6.71. The summed E-state index contributed by atoms with van der Waals surface area (Å²) in [5.41, 5.74) is 0. The van der Waals surface area contributed by atoms with Crippen LogP contribution in [0.15, 0.2) is 0 Å². The number of likely N-dealkylation sites (N-methyl/N-ethyl adjacent to an activating group) is 1. The number of hydrogen-bond acceptors (Lipinski definition) is 3. The molecule has 4 heteroatoms. The number of nitrogens with zero attached hydrogens (tertiary/aromatic N) is 2. The maximum Gasteiger partial charge on any atom is 0.236 e. The monoisotopic (exact) mass is 238 g/mol. The number of hydrogen-bond donors (Lipinski definition) is 0. The van der Waals surface area contributed by atoms with E-state index in [4.69, 9.17) is 0 Å². The molecule has 1 aliphatic heterocycles. The van der Waals surface area contributed by atoms with Crippen LogP contribution >= 0.6 is 0 Å². The first-order chi connectivity index (χ1) is 8.24. The van der Waals surface area contributed by atoms with E-state index < -0.39 is 0 Å². The van der Waals surface area contributed by atoms with Crippen molar-refractivity contribution >= 4 is 12.2 Å². The predicted octanol–water partition coefficient (Wildman–Crippen LogP) is 0.908. The molecule has 0 N–H and O–H groups in total. The Morgan fingerprint density at radius 2 is 1.94 bits per heavy atom. The Bertz CT molecular complexity index is 281. The second kappa shape index (κ2) is 5.63. The van der Waals surface area contributed by atoms with E-state index in [1.54, 1.807) is 0 Å². The van der Waals surface area contributed by atoms with E-state index in [0.29, 0.717) is 12.6 Å². The van der Waals surface area contributed by atoms with Gasteiger partial charge in [0, 0.05) is 18.5 Å². The van der Waals surface area contributed by atoms with Crippen molar-refractivity contribution < 1.29 is 9.59 Å². The summed E-state index contributed by atoms with van der Waals surface area (Å²) in [6, 6.07) is 0.514. The summed E-state index contributed by atoms with van der Waals surface area (Å²) < 4.78 is 0. The van der Waals surface area contributed by atoms with Gasteiger partial charge in [-0.15, -0.1) is 0 Å². The lowest BCUT2D eigenvalue weighted by Crippen LogP contribution is -2.44. The van der Waals surface area contributed by atoms with Gasteiger partial charge in [-0.05, 0) is 45.7 Å². The molecule has 1 aliphatic carbocycles. The summed E-state index contributed by atoms with van der Waals surface area (Å²) in [4.78, 5) is 26.9. The minimum atomic E-state index is 0.215. The SMILES string of the molecule is CCN(C(=O)CN1CCC(C=O)CC1)C1CC1. The van der Waals surface area contributed by atoms with Gasteiger partial charge in [0.2, 0.25) is 5.91 Å². The molecule has 17 heavy (non-hydrogen) atoms. The molecule has 96 valence electrons. The summed E-state index contributed by atoms with van der Waals surface area (Å²) >= 11 is 0. The van der Waals surface area contributed by atoms with Gasteiger partial charge in [0.15, 0.2) is 0 Å². The second-order valence-electron chi connectivity index (χ2n) is 5.16. The lowest BCUT2D eigenvalue weighted by molar-refractivity contribution is -0.133. The summed E-state index contributed by atoms with van der Waals surface area (Å²) in [5.74, 6) is 0.478. The molecule has 0 atom stereocenters. The average molecular weight is 238 g/mol. The zero-order chi connectivity index (χ0) is 12.3. The molecule has 2 aliphatic rings. The lowest BCUT2D eigenvalue weighted by atomic mass is 9.99. The van der Waals surface area contributed by atoms with Crippen molar-refractivity contribution in [3.05, 3.63) is 0 Å². The summed E-state index contributed by atoms with van der Waals surface area (Å²) in [6.45, 7) is 5.19. The second-order valence-corrected chi connectivity index (χ2v) is 5.16. The quantitative estimate of drug-likeness (QED) is 0.668. The molecule has 1 saturated heterocycles. The molecular formula is C13H22N2O2. The highest BCUT2D eigenvalue weighted by molar-refractivity contribution is 5.79. The van der Waals surface area contributed by atoms with E-state index in [1.807, 2.05) is 4.90 Å². The fraction of sp³-hybridized carbons (Fsp3) is 0.846. The Kier molecular flexibility index (Phi) is 4.15. The summed E-state index contributed by atoms with van der Waals surface area (Å²) in [5, 5.41) is 0. The van der Waals surface area contributed by atoms with Crippen LogP contribution in [0.3, 0.4) is 0 Å². The Labute approximate surface area is 103 Å². The van der Waals surface area contributed by atoms with Crippen molar-refractivity contribution in [3.8, 4) is 0 Å². The standard InChI is InChI=1S/C13H22N2O2/c1-2-15(12-3-4-12)13(17)9-14-7-5-11(10-16)6-8-14/h10-12H,2-9H2,1H3. The molecule has 1 amide bonds. The maximum atomic E-state index is 12.1. The molecule has 0 bridgehead atoms. The molecule has 1 heterocycles. The zero-order valence-electron chi connectivity index (χ0n) is 10.6. The molecule has 0 aromatic heterocycles. The number of aldehydes is 1. The zero-order valence-corrected chi connectivity index (χ0v) is 10.6. The molecule has 0 aromatic carbocycles. The van der Waals surface area contributed by atoms with Crippen LogP contribution in [0.25, 0.3) is 0 Å². The van der Waals surface area contributed by atoms with E-state index in [0.717, 1.165) is 38.8 Å². The third-order valence-corrected chi connectivity index (χ3v) is 3.83. The molecular weight excluding hydrogens is 216 g/mol. The van der Waals surface area contributed by atoms with Crippen LogP contribution in [-0.2, 0) is 9.59 Å². The fourth-order valence-corrected chi connectivity index (χ4v) is 2.55. The van der Waals surface area contributed by atoms with E-state index in [9.17, 15) is 9.59 Å². The van der Waals surface area contributed by atoms with Crippen molar-refractivity contribution in [2.75, 3.05) is 26.2 Å². The highest BCUT2D eigenvalue weighted by Crippen LogP contribution is 2.26. The summed E-state index contributed by atoms with van der Waals surface area (Å²) in [6.07, 6.45) is 5.22. The van der Waals surface area contributed by atoms with Crippen LogP contribution < -0.4 is 0 Å². The highest BCUT2D eigenvalue weighted by Gasteiger charge is 2.32. The van der Waals surface area contributed by atoms with Crippen LogP contribution in [-0.4, -0.2) is 54.2 Å². The Morgan fingerprint density at radius 1 is 1.29 bits per heavy atom. The third kappa shape index (κ3) is 3.28. The number of carbonyl (C=O) groups excluding carboxylic acids is 2. The van der Waals surface area contributed by atoms with Crippen LogP contribution in [0, 0.1) is 5.92 Å². The normalized spacial score (nSPS) is 22.4. The molecule has 0 spiro atoms. The largest absolute Gasteiger partial charge is 0.339 e. The number of carbonyl (C=O) groups is 2. The van der Waals surface area contributed by atoms with Gasteiger partial charge in [-0.3, -0.25) is 9.69 Å². The molecule has 2 fully saturated rings. The first-order valence-corrected chi connectivity index (χ1v) is 6.71. The number of piperidine rings is 1. The molecule has 0 unspecified atom stereocenters. The van der Waals surface area contributed by atoms with Crippen LogP contribution in [0.5, 0.6) is 0 Å². The topological polar surface area (TPSA) is 40.6 Å². The average Bonchev–Trinajstić information content (AvgIpc) is 3.15. The van der Waals surface area contributed by atoms with E-state index in [1.165, 1.54) is 12.8 Å². The highest BCUT2D eigenvalue weighted by atomic mass is 16.2. The van der Waals surface area contributed by atoms with Crippen molar-refractivity contribution in [2.24, 2.45) is 5.92 Å². The molecule has 0 aromatic rings. The number of amides is 1. The van der Waals surface area contributed by atoms with Gasteiger partial charge in [-0.25, -0.2) is 0 Å². The fourth-order valence-electron chi connectivity index (χ4n) is 2.55. The van der Waals surface area contributed by atoms with Crippen molar-refractivity contribution in [2.45, 2.75) is 38.6 Å². The van der Waals surface area contributed by atoms with Gasteiger partial charge < -0.3 is 9.69 Å². The minimum absolute atomic E-state index is 0.215. The lowest BCUT2D eigenvalue weighted by Gasteiger charge is -2.31. The Hall–Kier alpha value is -0.900. The molecule has 4 nitrogen and oxygen atoms in total. The first kappa shape index (κ1) is 12.6. The van der Waals surface area contributed by atoms with Crippen LogP contribution in [0.1, 0.15) is 32.6 Å². The van der Waals surface area contributed by atoms with Crippen molar-refractivity contribution in [3.63, 3.8) is 0 Å². The molecule has 2 rings (SSSR count). The molecule has 0 radical (unpaired) electrons. The van der Waals surface area contributed by atoms with Gasteiger partial charge >= 0.3 is 0 Å². The van der Waals surface area contributed by atoms with E-state index in [2.05, 4.69) is 11.8 Å². The molecule has 1 saturated carbocycles. The Morgan fingerprint density at radius 3 is 2.41 bits per heavy atom. The predicted molar refractivity (Wildman–Crippen MR) is 65.6 cm³/mol. The van der Waals surface area contributed by atoms with Crippen LogP contribution in [0.2, 0.25) is 0 Å². The van der Waals surface area contributed by atoms with Gasteiger partial charge in [0.05, 0.1) is 6.54 Å². The van der Waals surface area contributed by atoms with Gasteiger partial charge in [0.25, 0.3) is 0 Å². The number of likely N-dealkylation sites (tertiary alicyclic amines) is 1. The van der Waals surface area contributed by atoms with Crippen LogP contribution in [0.4, 0.5) is 0 Å². The maximum absolute atomic E-state index is 12.1. The van der Waals surface area contributed by atoms with Gasteiger partial charge in [-0.1, -0.05) is 0 Å². The van der Waals surface area contributed by atoms with Crippen molar-refractivity contribution in [1.29, 1.82) is 0 Å².